The third kappa shape index (κ3) is 5.27. The molecule has 0 spiro atoms. The molecule has 2 atom stereocenters. The van der Waals surface area contributed by atoms with Gasteiger partial charge < -0.3 is 10.1 Å². The summed E-state index contributed by atoms with van der Waals surface area (Å²) in [5.74, 6) is -1.50. The molecule has 1 aromatic carbocycles. The minimum atomic E-state index is -2.31. The zero-order valence-corrected chi connectivity index (χ0v) is 16.7. The number of hydrogen-bond donors (Lipinski definition) is 1. The number of halogens is 2. The highest BCUT2D eigenvalue weighted by molar-refractivity contribution is 6.32. The number of nitrogens with one attached hydrogen (secondary N) is 1. The average Bonchev–Trinajstić information content (AvgIpc) is 2.73. The summed E-state index contributed by atoms with van der Waals surface area (Å²) >= 11 is 5.49. The molecule has 0 saturated carbocycles. The van der Waals surface area contributed by atoms with Crippen LogP contribution >= 0.6 is 11.6 Å². The van der Waals surface area contributed by atoms with Crippen LogP contribution in [0.4, 0.5) is 10.1 Å². The number of carbonyl (C=O) groups excluding carboxylic acids is 2. The molecule has 0 bridgehead atoms. The zero-order valence-electron chi connectivity index (χ0n) is 15.9. The molecule has 1 aliphatic heterocycles. The van der Waals surface area contributed by atoms with Crippen LogP contribution in [0.15, 0.2) is 43.0 Å². The van der Waals surface area contributed by atoms with Gasteiger partial charge in [0, 0.05) is 42.9 Å². The van der Waals surface area contributed by atoms with Crippen molar-refractivity contribution in [3.05, 3.63) is 54.1 Å². The smallest absolute Gasteiger partial charge is 0.278 e. The number of anilines is 1. The summed E-state index contributed by atoms with van der Waals surface area (Å²) in [7, 11) is 0. The van der Waals surface area contributed by atoms with Crippen LogP contribution in [0, 0.1) is 6.92 Å². The Hall–Kier alpha value is -2.58. The number of aryl methyl sites for hydroxylation is 1. The molecule has 0 unspecified atom stereocenters. The number of rotatable bonds is 6. The van der Waals surface area contributed by atoms with Gasteiger partial charge in [-0.15, -0.1) is 0 Å². The van der Waals surface area contributed by atoms with E-state index in [1.807, 2.05) is 6.92 Å². The third-order valence-corrected chi connectivity index (χ3v) is 4.89. The Kier molecular flexibility index (Phi) is 7.11. The molecule has 0 aliphatic carbocycles. The number of amides is 2. The lowest BCUT2D eigenvalue weighted by Crippen LogP contribution is -2.49. The van der Waals surface area contributed by atoms with Crippen molar-refractivity contribution in [3.63, 3.8) is 0 Å². The van der Waals surface area contributed by atoms with Gasteiger partial charge in [-0.05, 0) is 31.9 Å². The Morgan fingerprint density at radius 3 is 2.41 bits per heavy atom. The van der Waals surface area contributed by atoms with E-state index in [0.29, 0.717) is 37.3 Å². The van der Waals surface area contributed by atoms with Gasteiger partial charge in [0.15, 0.2) is 0 Å². The Balaban J connectivity index is 2.01. The number of nitrogens with zero attached hydrogens (tertiary/aromatic N) is 3. The van der Waals surface area contributed by atoms with Crippen molar-refractivity contribution < 1.29 is 18.7 Å². The number of carbonyl (C=O) groups is 2. The van der Waals surface area contributed by atoms with Gasteiger partial charge in [-0.3, -0.25) is 14.5 Å². The SMILES string of the molecule is Cc1ccc(N(C(=O)[C@H](F)Cl)[C@H](C(=O)NC2CCOCC2)c2cncnc2)cc1. The van der Waals surface area contributed by atoms with E-state index < -0.39 is 23.5 Å². The van der Waals surface area contributed by atoms with Gasteiger partial charge >= 0.3 is 0 Å². The van der Waals surface area contributed by atoms with Crippen molar-refractivity contribution in [2.24, 2.45) is 0 Å². The van der Waals surface area contributed by atoms with Crippen LogP contribution in [0.3, 0.4) is 0 Å². The number of hydrogen-bond acceptors (Lipinski definition) is 5. The quantitative estimate of drug-likeness (QED) is 0.726. The number of aromatic nitrogens is 2. The van der Waals surface area contributed by atoms with E-state index in [1.54, 1.807) is 24.3 Å². The fourth-order valence-corrected chi connectivity index (χ4v) is 3.31. The first-order chi connectivity index (χ1) is 14.0. The number of benzene rings is 1. The molecule has 1 aliphatic rings. The predicted molar refractivity (Wildman–Crippen MR) is 106 cm³/mol. The maximum atomic E-state index is 13.9. The van der Waals surface area contributed by atoms with Gasteiger partial charge in [0.05, 0.1) is 0 Å². The van der Waals surface area contributed by atoms with Gasteiger partial charge in [0.1, 0.15) is 12.4 Å². The molecule has 1 aromatic heterocycles. The van der Waals surface area contributed by atoms with E-state index >= 15 is 0 Å². The molecule has 29 heavy (non-hydrogen) atoms. The summed E-state index contributed by atoms with van der Waals surface area (Å²) in [5.41, 5.74) is -0.655. The van der Waals surface area contributed by atoms with Crippen LogP contribution in [-0.2, 0) is 14.3 Å². The van der Waals surface area contributed by atoms with Crippen molar-refractivity contribution in [2.45, 2.75) is 37.5 Å². The highest BCUT2D eigenvalue weighted by Crippen LogP contribution is 2.30. The Labute approximate surface area is 173 Å². The summed E-state index contributed by atoms with van der Waals surface area (Å²) in [4.78, 5) is 34.9. The molecule has 2 amide bonds. The van der Waals surface area contributed by atoms with Crippen LogP contribution in [0.1, 0.15) is 30.0 Å². The monoisotopic (exact) mass is 420 g/mol. The van der Waals surface area contributed by atoms with Gasteiger partial charge in [0.2, 0.25) is 5.91 Å². The summed E-state index contributed by atoms with van der Waals surface area (Å²) in [5, 5.41) is 2.94. The second-order valence-electron chi connectivity index (χ2n) is 6.81. The normalized spacial score (nSPS) is 16.7. The summed E-state index contributed by atoms with van der Waals surface area (Å²) in [6.45, 7) is 2.97. The van der Waals surface area contributed by atoms with E-state index in [1.165, 1.54) is 18.7 Å². The highest BCUT2D eigenvalue weighted by atomic mass is 35.5. The molecule has 2 aromatic rings. The van der Waals surface area contributed by atoms with Gasteiger partial charge in [-0.1, -0.05) is 29.3 Å². The summed E-state index contributed by atoms with van der Waals surface area (Å²) in [6, 6.07) is 5.55. The van der Waals surface area contributed by atoms with Crippen LogP contribution in [0.25, 0.3) is 0 Å². The van der Waals surface area contributed by atoms with Crippen LogP contribution in [0.5, 0.6) is 0 Å². The van der Waals surface area contributed by atoms with Crippen molar-refractivity contribution in [3.8, 4) is 0 Å². The average molecular weight is 421 g/mol. The van der Waals surface area contributed by atoms with E-state index in [2.05, 4.69) is 15.3 Å². The van der Waals surface area contributed by atoms with Crippen molar-refractivity contribution in [1.82, 2.24) is 15.3 Å². The lowest BCUT2D eigenvalue weighted by Gasteiger charge is -2.33. The van der Waals surface area contributed by atoms with Crippen LogP contribution in [0.2, 0.25) is 0 Å². The van der Waals surface area contributed by atoms with Crippen molar-refractivity contribution >= 4 is 29.1 Å². The summed E-state index contributed by atoms with van der Waals surface area (Å²) in [6.07, 6.45) is 5.48. The van der Waals surface area contributed by atoms with Gasteiger partial charge in [-0.25, -0.2) is 14.4 Å². The fraction of sp³-hybridized carbons (Fsp3) is 0.400. The lowest BCUT2D eigenvalue weighted by molar-refractivity contribution is -0.128. The molecule has 0 radical (unpaired) electrons. The fourth-order valence-electron chi connectivity index (χ4n) is 3.21. The maximum Gasteiger partial charge on any atom is 0.278 e. The molecule has 1 fully saturated rings. The van der Waals surface area contributed by atoms with Crippen molar-refractivity contribution in [2.75, 3.05) is 18.1 Å². The minimum absolute atomic E-state index is 0.101. The van der Waals surface area contributed by atoms with Gasteiger partial charge in [0.25, 0.3) is 11.5 Å². The molecule has 3 rings (SSSR count). The first-order valence-electron chi connectivity index (χ1n) is 9.28. The highest BCUT2D eigenvalue weighted by Gasteiger charge is 2.37. The molecule has 154 valence electrons. The van der Waals surface area contributed by atoms with E-state index in [4.69, 9.17) is 16.3 Å². The van der Waals surface area contributed by atoms with E-state index in [9.17, 15) is 14.0 Å². The Morgan fingerprint density at radius 2 is 1.83 bits per heavy atom. The lowest BCUT2D eigenvalue weighted by atomic mass is 10.0. The first-order valence-corrected chi connectivity index (χ1v) is 9.72. The van der Waals surface area contributed by atoms with Crippen LogP contribution in [-0.4, -0.2) is 46.7 Å². The second-order valence-corrected chi connectivity index (χ2v) is 7.20. The molecule has 9 heteroatoms. The third-order valence-electron chi connectivity index (χ3n) is 4.71. The largest absolute Gasteiger partial charge is 0.381 e. The minimum Gasteiger partial charge on any atom is -0.381 e. The van der Waals surface area contributed by atoms with E-state index in [0.717, 1.165) is 10.5 Å². The molecule has 1 N–H and O–H groups in total. The van der Waals surface area contributed by atoms with Gasteiger partial charge in [-0.2, -0.15) is 0 Å². The van der Waals surface area contributed by atoms with Crippen LogP contribution < -0.4 is 10.2 Å². The Bertz CT molecular complexity index is 829. The number of ether oxygens (including phenoxy) is 1. The van der Waals surface area contributed by atoms with E-state index in [-0.39, 0.29) is 6.04 Å². The maximum absolute atomic E-state index is 13.9. The van der Waals surface area contributed by atoms with Crippen molar-refractivity contribution in [1.29, 1.82) is 0 Å². The topological polar surface area (TPSA) is 84.4 Å². The predicted octanol–water partition coefficient (Wildman–Crippen LogP) is 2.69. The first kappa shape index (κ1) is 21.1. The molecule has 2 heterocycles. The standard InChI is InChI=1S/C20H22ClFN4O3/c1-13-2-4-16(5-3-13)26(20(28)18(21)22)17(14-10-23-12-24-11-14)19(27)25-15-6-8-29-9-7-15/h2-5,10-12,15,17-18H,6-9H2,1H3,(H,25,27)/t17-,18-/m0/s1. The number of alkyl halides is 2. The summed E-state index contributed by atoms with van der Waals surface area (Å²) < 4.78 is 19.2. The molecule has 7 nitrogen and oxygen atoms in total. The molecular formula is C20H22ClFN4O3. The molecule has 1 saturated heterocycles. The Morgan fingerprint density at radius 1 is 1.21 bits per heavy atom. The second kappa shape index (κ2) is 9.76. The zero-order chi connectivity index (χ0) is 20.8. The molecular weight excluding hydrogens is 399 g/mol.